The van der Waals surface area contributed by atoms with E-state index in [0.717, 1.165) is 11.1 Å². The zero-order valence-electron chi connectivity index (χ0n) is 16.7. The Balaban J connectivity index is 1.87. The molecule has 3 rings (SSSR count). The van der Waals surface area contributed by atoms with Crippen LogP contribution >= 0.6 is 24.2 Å². The van der Waals surface area contributed by atoms with Crippen molar-refractivity contribution in [1.82, 2.24) is 0 Å². The van der Waals surface area contributed by atoms with Gasteiger partial charge in [0, 0.05) is 16.9 Å². The van der Waals surface area contributed by atoms with E-state index >= 15 is 0 Å². The Labute approximate surface area is 192 Å². The lowest BCUT2D eigenvalue weighted by atomic mass is 10.0. The molecule has 3 aromatic carbocycles. The van der Waals surface area contributed by atoms with E-state index in [1.54, 1.807) is 30.3 Å². The van der Waals surface area contributed by atoms with Crippen LogP contribution in [0.15, 0.2) is 71.6 Å². The largest absolute Gasteiger partial charge is 0.497 e. The zero-order valence-corrected chi connectivity index (χ0v) is 19.1. The molecule has 6 nitrogen and oxygen atoms in total. The highest BCUT2D eigenvalue weighted by molar-refractivity contribution is 7.92. The Kier molecular flexibility index (Phi) is 7.15. The predicted octanol–water partition coefficient (Wildman–Crippen LogP) is 4.65. The molecule has 0 heterocycles. The van der Waals surface area contributed by atoms with Crippen LogP contribution in [0.25, 0.3) is 0 Å². The van der Waals surface area contributed by atoms with Gasteiger partial charge in [-0.05, 0) is 35.7 Å². The van der Waals surface area contributed by atoms with E-state index in [9.17, 15) is 8.42 Å². The third-order valence-electron chi connectivity index (χ3n) is 4.69. The lowest BCUT2D eigenvalue weighted by Crippen LogP contribution is -2.15. The topological polar surface area (TPSA) is 105 Å². The van der Waals surface area contributed by atoms with Gasteiger partial charge in [0.2, 0.25) is 0 Å². The molecule has 0 saturated carbocycles. The fourth-order valence-corrected chi connectivity index (χ4v) is 5.09. The SMILES string of the molecule is COc1ccc(Cl)c(S(=O)(=O)Nc2ccccc2C(S)Cc2ccc(C(=N)N)cc2)c1. The van der Waals surface area contributed by atoms with E-state index < -0.39 is 10.0 Å². The molecule has 9 heteroatoms. The summed E-state index contributed by atoms with van der Waals surface area (Å²) in [6.07, 6.45) is 0.556. The third kappa shape index (κ3) is 5.52. The third-order valence-corrected chi connectivity index (χ3v) is 6.99. The maximum absolute atomic E-state index is 13.0. The molecule has 0 aliphatic carbocycles. The first-order chi connectivity index (χ1) is 14.7. The molecule has 0 spiro atoms. The first-order valence-electron chi connectivity index (χ1n) is 9.28. The Hall–Kier alpha value is -2.68. The highest BCUT2D eigenvalue weighted by Gasteiger charge is 2.22. The summed E-state index contributed by atoms with van der Waals surface area (Å²) in [4.78, 5) is -0.0705. The van der Waals surface area contributed by atoms with Crippen LogP contribution in [0.3, 0.4) is 0 Å². The van der Waals surface area contributed by atoms with Crippen LogP contribution in [0.4, 0.5) is 5.69 Å². The van der Waals surface area contributed by atoms with E-state index in [4.69, 9.17) is 40.1 Å². The molecule has 0 aliphatic rings. The first-order valence-corrected chi connectivity index (χ1v) is 11.7. The summed E-state index contributed by atoms with van der Waals surface area (Å²) in [6.45, 7) is 0. The highest BCUT2D eigenvalue weighted by atomic mass is 35.5. The summed E-state index contributed by atoms with van der Waals surface area (Å²) >= 11 is 10.8. The van der Waals surface area contributed by atoms with Gasteiger partial charge in [-0.3, -0.25) is 10.1 Å². The van der Waals surface area contributed by atoms with Crippen molar-refractivity contribution in [3.05, 3.63) is 88.4 Å². The Morgan fingerprint density at radius 3 is 2.48 bits per heavy atom. The fourth-order valence-electron chi connectivity index (χ4n) is 3.05. The van der Waals surface area contributed by atoms with Gasteiger partial charge in [0.05, 0.1) is 17.8 Å². The normalized spacial score (nSPS) is 12.2. The fraction of sp³-hybridized carbons (Fsp3) is 0.136. The summed E-state index contributed by atoms with van der Waals surface area (Å²) in [5, 5.41) is 7.31. The number of nitrogen functional groups attached to an aromatic ring is 1. The van der Waals surface area contributed by atoms with Gasteiger partial charge in [0.25, 0.3) is 10.0 Å². The average molecular weight is 476 g/mol. The number of rotatable bonds is 8. The maximum atomic E-state index is 13.0. The van der Waals surface area contributed by atoms with Gasteiger partial charge in [0.1, 0.15) is 16.5 Å². The number of amidine groups is 1. The lowest BCUT2D eigenvalue weighted by molar-refractivity contribution is 0.413. The number of anilines is 1. The first kappa shape index (κ1) is 23.0. The van der Waals surface area contributed by atoms with Gasteiger partial charge < -0.3 is 10.5 Å². The molecule has 3 aromatic rings. The van der Waals surface area contributed by atoms with Crippen molar-refractivity contribution >= 4 is 45.8 Å². The molecule has 0 radical (unpaired) electrons. The molecule has 0 fully saturated rings. The minimum atomic E-state index is -3.95. The van der Waals surface area contributed by atoms with Crippen molar-refractivity contribution in [3.63, 3.8) is 0 Å². The van der Waals surface area contributed by atoms with Crippen molar-refractivity contribution < 1.29 is 13.2 Å². The minimum absolute atomic E-state index is 0.00456. The van der Waals surface area contributed by atoms with Gasteiger partial charge in [-0.15, -0.1) is 0 Å². The predicted molar refractivity (Wildman–Crippen MR) is 128 cm³/mol. The second-order valence-corrected chi connectivity index (χ2v) is 9.50. The van der Waals surface area contributed by atoms with Crippen molar-refractivity contribution in [2.24, 2.45) is 5.73 Å². The second-order valence-electron chi connectivity index (χ2n) is 6.82. The molecule has 0 aromatic heterocycles. The van der Waals surface area contributed by atoms with Crippen molar-refractivity contribution in [2.75, 3.05) is 11.8 Å². The van der Waals surface area contributed by atoms with Crippen molar-refractivity contribution in [2.45, 2.75) is 16.6 Å². The number of methoxy groups -OCH3 is 1. The number of hydrogen-bond donors (Lipinski definition) is 4. The van der Waals surface area contributed by atoms with Crippen LogP contribution in [-0.2, 0) is 16.4 Å². The molecular weight excluding hydrogens is 454 g/mol. The van der Waals surface area contributed by atoms with E-state index in [2.05, 4.69) is 4.72 Å². The van der Waals surface area contributed by atoms with E-state index in [1.807, 2.05) is 24.3 Å². The van der Waals surface area contributed by atoms with Gasteiger partial charge in [-0.1, -0.05) is 54.1 Å². The quantitative estimate of drug-likeness (QED) is 0.216. The smallest absolute Gasteiger partial charge is 0.263 e. The summed E-state index contributed by atoms with van der Waals surface area (Å²) in [6, 6.07) is 18.8. The molecule has 0 saturated heterocycles. The van der Waals surface area contributed by atoms with Crippen LogP contribution in [0.1, 0.15) is 21.9 Å². The van der Waals surface area contributed by atoms with Crippen molar-refractivity contribution in [1.29, 1.82) is 5.41 Å². The highest BCUT2D eigenvalue weighted by Crippen LogP contribution is 2.33. The molecule has 1 atom stereocenters. The molecule has 4 N–H and O–H groups in total. The molecule has 0 aliphatic heterocycles. The van der Waals surface area contributed by atoms with Crippen LogP contribution in [0.2, 0.25) is 5.02 Å². The zero-order chi connectivity index (χ0) is 22.6. The number of para-hydroxylation sites is 1. The number of thiol groups is 1. The number of halogens is 1. The van der Waals surface area contributed by atoms with Gasteiger partial charge >= 0.3 is 0 Å². The molecule has 0 amide bonds. The Morgan fingerprint density at radius 1 is 1.16 bits per heavy atom. The summed E-state index contributed by atoms with van der Waals surface area (Å²) < 4.78 is 33.8. The van der Waals surface area contributed by atoms with E-state index in [0.29, 0.717) is 23.4 Å². The Morgan fingerprint density at radius 2 is 1.84 bits per heavy atom. The number of ether oxygens (including phenoxy) is 1. The standard InChI is InChI=1S/C22H22ClN3O3S2/c1-29-16-10-11-18(23)21(13-16)31(27,28)26-19-5-3-2-4-17(19)20(30)12-14-6-8-15(9-7-14)22(24)25/h2-11,13,20,26,30H,12H2,1H3,(H3,24,25). The molecule has 162 valence electrons. The second kappa shape index (κ2) is 9.64. The van der Waals surface area contributed by atoms with Crippen LogP contribution in [-0.4, -0.2) is 21.4 Å². The van der Waals surface area contributed by atoms with Crippen molar-refractivity contribution in [3.8, 4) is 5.75 Å². The number of nitrogens with two attached hydrogens (primary N) is 1. The summed E-state index contributed by atoms with van der Waals surface area (Å²) in [5.74, 6) is 0.393. The van der Waals surface area contributed by atoms with Gasteiger partial charge in [0.15, 0.2) is 0 Å². The van der Waals surface area contributed by atoms with E-state index in [-0.39, 0.29) is 21.0 Å². The lowest BCUT2D eigenvalue weighted by Gasteiger charge is -2.18. The van der Waals surface area contributed by atoms with E-state index in [1.165, 1.54) is 19.2 Å². The monoisotopic (exact) mass is 475 g/mol. The molecule has 1 unspecified atom stereocenters. The van der Waals surface area contributed by atoms with Gasteiger partial charge in [-0.25, -0.2) is 8.42 Å². The average Bonchev–Trinajstić information content (AvgIpc) is 2.74. The Bertz CT molecular complexity index is 1200. The molecule has 0 bridgehead atoms. The number of hydrogen-bond acceptors (Lipinski definition) is 5. The van der Waals surface area contributed by atoms with Crippen LogP contribution < -0.4 is 15.2 Å². The van der Waals surface area contributed by atoms with Gasteiger partial charge in [-0.2, -0.15) is 12.6 Å². The van der Waals surface area contributed by atoms with Crippen LogP contribution in [0, 0.1) is 5.41 Å². The molecular formula is C22H22ClN3O3S2. The maximum Gasteiger partial charge on any atom is 0.263 e. The summed E-state index contributed by atoms with van der Waals surface area (Å²) in [7, 11) is -2.50. The summed E-state index contributed by atoms with van der Waals surface area (Å²) in [5.41, 5.74) is 8.27. The minimum Gasteiger partial charge on any atom is -0.497 e. The number of sulfonamides is 1. The van der Waals surface area contributed by atoms with Crippen LogP contribution in [0.5, 0.6) is 5.75 Å². The molecule has 31 heavy (non-hydrogen) atoms. The number of benzene rings is 3. The number of nitrogens with one attached hydrogen (secondary N) is 2.